The lowest BCUT2D eigenvalue weighted by atomic mass is 9.78. The molecule has 6 heteroatoms. The van der Waals surface area contributed by atoms with Gasteiger partial charge in [0.05, 0.1) is 23.7 Å². The van der Waals surface area contributed by atoms with Gasteiger partial charge in [-0.25, -0.2) is 0 Å². The third-order valence-electron chi connectivity index (χ3n) is 8.24. The molecule has 0 spiro atoms. The van der Waals surface area contributed by atoms with Crippen molar-refractivity contribution in [2.24, 2.45) is 0 Å². The van der Waals surface area contributed by atoms with Crippen LogP contribution in [0.15, 0.2) is 84.9 Å². The van der Waals surface area contributed by atoms with Gasteiger partial charge in [-0.05, 0) is 50.7 Å². The molecular weight excluding hydrogens is 451 g/mol. The van der Waals surface area contributed by atoms with E-state index in [4.69, 9.17) is 14.0 Å². The third-order valence-corrected chi connectivity index (χ3v) is 12.1. The Bertz CT molecular complexity index is 1140. The SMILES string of the molecule is COC(=O)[C@@]1(c2ccc(B3OC(C)(C)C(C)(C)O3)cc2)C[C@H]1[SiH](c1ccccc1)c1ccccc1. The van der Waals surface area contributed by atoms with Crippen molar-refractivity contribution in [3.05, 3.63) is 90.5 Å². The molecule has 180 valence electrons. The Morgan fingerprint density at radius 3 is 1.77 bits per heavy atom. The van der Waals surface area contributed by atoms with Crippen molar-refractivity contribution in [1.82, 2.24) is 0 Å². The van der Waals surface area contributed by atoms with Crippen LogP contribution in [0.4, 0.5) is 0 Å². The molecule has 4 nitrogen and oxygen atoms in total. The van der Waals surface area contributed by atoms with Crippen molar-refractivity contribution in [3.8, 4) is 0 Å². The van der Waals surface area contributed by atoms with Gasteiger partial charge in [-0.3, -0.25) is 4.79 Å². The van der Waals surface area contributed by atoms with Gasteiger partial charge in [0, 0.05) is 0 Å². The molecule has 2 fully saturated rings. The molecule has 2 atom stereocenters. The predicted molar refractivity (Wildman–Crippen MR) is 144 cm³/mol. The molecule has 0 N–H and O–H groups in total. The largest absolute Gasteiger partial charge is 0.494 e. The molecule has 1 saturated carbocycles. The Morgan fingerprint density at radius 2 is 1.31 bits per heavy atom. The number of benzene rings is 3. The second kappa shape index (κ2) is 8.77. The number of hydrogen-bond donors (Lipinski definition) is 0. The molecule has 2 aliphatic rings. The summed E-state index contributed by atoms with van der Waals surface area (Å²) >= 11 is 0. The minimum absolute atomic E-state index is 0.143. The van der Waals surface area contributed by atoms with E-state index in [0.29, 0.717) is 0 Å². The average Bonchev–Trinajstić information content (AvgIpc) is 3.55. The van der Waals surface area contributed by atoms with Gasteiger partial charge in [0.2, 0.25) is 0 Å². The fourth-order valence-electron chi connectivity index (χ4n) is 5.45. The average molecular weight is 484 g/mol. The molecule has 0 radical (unpaired) electrons. The highest BCUT2D eigenvalue weighted by molar-refractivity contribution is 6.87. The number of carbonyl (C=O) groups is 1. The zero-order valence-corrected chi connectivity index (χ0v) is 22.3. The Kier molecular flexibility index (Phi) is 6.02. The summed E-state index contributed by atoms with van der Waals surface area (Å²) in [6.07, 6.45) is 0.802. The maximum Gasteiger partial charge on any atom is 0.494 e. The topological polar surface area (TPSA) is 44.8 Å². The molecule has 1 saturated heterocycles. The number of esters is 1. The second-order valence-electron chi connectivity index (χ2n) is 10.8. The van der Waals surface area contributed by atoms with Crippen molar-refractivity contribution in [2.45, 2.75) is 56.3 Å². The van der Waals surface area contributed by atoms with Crippen LogP contribution in [0.3, 0.4) is 0 Å². The van der Waals surface area contributed by atoms with Crippen LogP contribution < -0.4 is 15.8 Å². The van der Waals surface area contributed by atoms with Gasteiger partial charge in [0.1, 0.15) is 8.80 Å². The zero-order chi connectivity index (χ0) is 24.8. The summed E-state index contributed by atoms with van der Waals surface area (Å²) in [5, 5.41) is 2.70. The van der Waals surface area contributed by atoms with E-state index in [1.165, 1.54) is 17.5 Å². The van der Waals surface area contributed by atoms with Crippen LogP contribution in [0.5, 0.6) is 0 Å². The van der Waals surface area contributed by atoms with Crippen molar-refractivity contribution >= 4 is 37.7 Å². The first-order chi connectivity index (χ1) is 16.7. The molecule has 5 rings (SSSR count). The van der Waals surface area contributed by atoms with Gasteiger partial charge in [-0.2, -0.15) is 0 Å². The summed E-state index contributed by atoms with van der Waals surface area (Å²) in [5.41, 5.74) is 0.808. The first-order valence-corrected chi connectivity index (χ1v) is 14.2. The highest BCUT2D eigenvalue weighted by Gasteiger charge is 2.65. The second-order valence-corrected chi connectivity index (χ2v) is 13.9. The molecule has 0 aromatic heterocycles. The van der Waals surface area contributed by atoms with Crippen LogP contribution in [0.25, 0.3) is 0 Å². The monoisotopic (exact) mass is 484 g/mol. The van der Waals surface area contributed by atoms with E-state index in [0.717, 1.165) is 17.4 Å². The van der Waals surface area contributed by atoms with E-state index in [1.807, 2.05) is 12.1 Å². The van der Waals surface area contributed by atoms with Gasteiger partial charge >= 0.3 is 13.1 Å². The summed E-state index contributed by atoms with van der Waals surface area (Å²) in [6, 6.07) is 29.6. The molecule has 35 heavy (non-hydrogen) atoms. The number of rotatable bonds is 6. The summed E-state index contributed by atoms with van der Waals surface area (Å²) in [5.74, 6) is -0.143. The number of carbonyl (C=O) groups excluding carboxylic acids is 1. The van der Waals surface area contributed by atoms with Crippen molar-refractivity contribution < 1.29 is 18.8 Å². The highest BCUT2D eigenvalue weighted by atomic mass is 28.3. The molecule has 3 aromatic rings. The molecule has 0 bridgehead atoms. The first-order valence-electron chi connectivity index (χ1n) is 12.3. The van der Waals surface area contributed by atoms with Crippen LogP contribution in [-0.2, 0) is 24.3 Å². The minimum Gasteiger partial charge on any atom is -0.468 e. The van der Waals surface area contributed by atoms with Crippen LogP contribution in [-0.4, -0.2) is 40.2 Å². The number of ether oxygens (including phenoxy) is 1. The first kappa shape index (κ1) is 24.0. The number of hydrogen-bond acceptors (Lipinski definition) is 4. The highest BCUT2D eigenvalue weighted by Crippen LogP contribution is 2.61. The third kappa shape index (κ3) is 4.08. The van der Waals surface area contributed by atoms with E-state index in [2.05, 4.69) is 100 Å². The lowest BCUT2D eigenvalue weighted by molar-refractivity contribution is -0.143. The lowest BCUT2D eigenvalue weighted by Crippen LogP contribution is -2.45. The summed E-state index contributed by atoms with van der Waals surface area (Å²) < 4.78 is 17.9. The molecule has 3 aromatic carbocycles. The van der Waals surface area contributed by atoms with Crippen LogP contribution in [0.2, 0.25) is 5.54 Å². The minimum atomic E-state index is -1.70. The van der Waals surface area contributed by atoms with Gasteiger partial charge in [0.15, 0.2) is 0 Å². The van der Waals surface area contributed by atoms with Crippen molar-refractivity contribution in [3.63, 3.8) is 0 Å². The van der Waals surface area contributed by atoms with Crippen LogP contribution in [0, 0.1) is 0 Å². The van der Waals surface area contributed by atoms with Crippen molar-refractivity contribution in [2.75, 3.05) is 7.11 Å². The Morgan fingerprint density at radius 1 is 0.829 bits per heavy atom. The van der Waals surface area contributed by atoms with Gasteiger partial charge in [-0.1, -0.05) is 95.3 Å². The standard InChI is InChI=1S/C29H33BO4Si/c1-27(2)28(3,4)34-30(33-27)22-18-16-21(17-19-22)29(26(31)32-5)20-25(29)35(23-12-8-6-9-13-23)24-14-10-7-11-15-24/h6-19,25,35H,20H2,1-5H3/t25-,29-/m1/s1. The predicted octanol–water partition coefficient (Wildman–Crippen LogP) is 3.21. The molecule has 1 aliphatic carbocycles. The van der Waals surface area contributed by atoms with Gasteiger partial charge in [-0.15, -0.1) is 0 Å². The van der Waals surface area contributed by atoms with E-state index in [1.54, 1.807) is 0 Å². The molecular formula is C29H33BO4Si. The quantitative estimate of drug-likeness (QED) is 0.398. The van der Waals surface area contributed by atoms with E-state index < -0.39 is 32.5 Å². The number of methoxy groups -OCH3 is 1. The van der Waals surface area contributed by atoms with E-state index >= 15 is 0 Å². The summed E-state index contributed by atoms with van der Waals surface area (Å²) in [6.45, 7) is 8.22. The van der Waals surface area contributed by atoms with Gasteiger partial charge in [0.25, 0.3) is 0 Å². The van der Waals surface area contributed by atoms with E-state index in [9.17, 15) is 4.79 Å². The maximum atomic E-state index is 13.3. The fourth-order valence-corrected chi connectivity index (χ4v) is 9.54. The van der Waals surface area contributed by atoms with Gasteiger partial charge < -0.3 is 14.0 Å². The molecule has 1 heterocycles. The lowest BCUT2D eigenvalue weighted by Gasteiger charge is -2.32. The normalized spacial score (nSPS) is 24.4. The summed E-state index contributed by atoms with van der Waals surface area (Å²) in [7, 11) is -0.620. The Hall–Kier alpha value is -2.67. The Balaban J connectivity index is 1.49. The summed E-state index contributed by atoms with van der Waals surface area (Å²) in [4.78, 5) is 13.3. The maximum absolute atomic E-state index is 13.3. The van der Waals surface area contributed by atoms with Crippen molar-refractivity contribution in [1.29, 1.82) is 0 Å². The van der Waals surface area contributed by atoms with E-state index in [-0.39, 0.29) is 11.5 Å². The molecule has 1 aliphatic heterocycles. The smallest absolute Gasteiger partial charge is 0.468 e. The van der Waals surface area contributed by atoms with Crippen LogP contribution in [0.1, 0.15) is 39.7 Å². The van der Waals surface area contributed by atoms with Crippen LogP contribution >= 0.6 is 0 Å². The fraction of sp³-hybridized carbons (Fsp3) is 0.345. The Labute approximate surface area is 210 Å². The zero-order valence-electron chi connectivity index (χ0n) is 21.2. The molecule has 0 amide bonds. The molecule has 0 unspecified atom stereocenters.